The molecule has 0 saturated carbocycles. The van der Waals surface area contributed by atoms with Crippen LogP contribution in [0.1, 0.15) is 70.4 Å². The van der Waals surface area contributed by atoms with Gasteiger partial charge in [-0.3, -0.25) is 0 Å². The molecule has 0 aliphatic heterocycles. The first-order valence-electron chi connectivity index (χ1n) is 7.33. The molecule has 1 heteroatoms. The maximum Gasteiger partial charge on any atom is 0.0641 e. The molecule has 0 aliphatic carbocycles. The molecule has 0 aliphatic rings. The lowest BCUT2D eigenvalue weighted by Crippen LogP contribution is -2.10. The predicted molar refractivity (Wildman–Crippen MR) is 82.4 cm³/mol. The molecule has 18 heavy (non-hydrogen) atoms. The maximum atomic E-state index is 6.45. The molecule has 0 aromatic heterocycles. The van der Waals surface area contributed by atoms with Gasteiger partial charge in [0, 0.05) is 0 Å². The van der Waals surface area contributed by atoms with Gasteiger partial charge in [-0.25, -0.2) is 0 Å². The first kappa shape index (κ1) is 15.6. The molecule has 0 amide bonds. The van der Waals surface area contributed by atoms with Gasteiger partial charge in [0.05, 0.1) is 4.87 Å². The second-order valence-corrected chi connectivity index (χ2v) is 6.59. The Bertz CT molecular complexity index is 336. The number of benzene rings is 1. The van der Waals surface area contributed by atoms with Gasteiger partial charge in [0.25, 0.3) is 0 Å². The topological polar surface area (TPSA) is 0 Å². The van der Waals surface area contributed by atoms with Gasteiger partial charge < -0.3 is 0 Å². The minimum atomic E-state index is -0.251. The van der Waals surface area contributed by atoms with Crippen LogP contribution in [0, 0.1) is 0 Å². The summed E-state index contributed by atoms with van der Waals surface area (Å²) in [5.41, 5.74) is 2.72. The van der Waals surface area contributed by atoms with E-state index in [1.165, 1.54) is 56.1 Å². The molecular formula is C17H27Cl. The maximum absolute atomic E-state index is 6.45. The van der Waals surface area contributed by atoms with Crippen molar-refractivity contribution in [3.63, 3.8) is 0 Å². The summed E-state index contributed by atoms with van der Waals surface area (Å²) in [6, 6.07) is 8.60. The van der Waals surface area contributed by atoms with E-state index in [0.717, 1.165) is 0 Å². The average Bonchev–Trinajstić information content (AvgIpc) is 2.33. The predicted octanol–water partition coefficient (Wildman–Crippen LogP) is 6.06. The quantitative estimate of drug-likeness (QED) is 0.396. The molecule has 0 radical (unpaired) electrons. The van der Waals surface area contributed by atoms with Gasteiger partial charge >= 0.3 is 0 Å². The molecule has 0 heterocycles. The Hall–Kier alpha value is -0.490. The smallest absolute Gasteiger partial charge is 0.0641 e. The molecule has 0 nitrogen and oxygen atoms in total. The number of halogens is 1. The van der Waals surface area contributed by atoms with Crippen LogP contribution in [0.15, 0.2) is 24.3 Å². The fourth-order valence-electron chi connectivity index (χ4n) is 2.41. The summed E-state index contributed by atoms with van der Waals surface area (Å²) in [6.07, 6.45) is 9.26. The van der Waals surface area contributed by atoms with Crippen LogP contribution < -0.4 is 0 Å². The Morgan fingerprint density at radius 1 is 0.944 bits per heavy atom. The van der Waals surface area contributed by atoms with Gasteiger partial charge in [0.15, 0.2) is 0 Å². The highest BCUT2D eigenvalue weighted by molar-refractivity contribution is 6.23. The van der Waals surface area contributed by atoms with Crippen molar-refractivity contribution in [3.05, 3.63) is 35.4 Å². The highest BCUT2D eigenvalue weighted by Crippen LogP contribution is 2.31. The van der Waals surface area contributed by atoms with Crippen LogP contribution in [0.2, 0.25) is 0 Å². The number of hydrogen-bond donors (Lipinski definition) is 0. The minimum absolute atomic E-state index is 0.251. The van der Waals surface area contributed by atoms with Crippen LogP contribution in [0.25, 0.3) is 0 Å². The minimum Gasteiger partial charge on any atom is -0.115 e. The normalized spacial score (nSPS) is 11.8. The summed E-state index contributed by atoms with van der Waals surface area (Å²) >= 11 is 6.45. The molecule has 0 fully saturated rings. The molecule has 0 bridgehead atoms. The Labute approximate surface area is 118 Å². The summed E-state index contributed by atoms with van der Waals surface area (Å²) in [6.45, 7) is 6.42. The second kappa shape index (κ2) is 7.84. The SMILES string of the molecule is CCCCCCCCc1ccccc1C(C)(C)Cl. The van der Waals surface area contributed by atoms with Crippen LogP contribution in [0.4, 0.5) is 0 Å². The van der Waals surface area contributed by atoms with E-state index < -0.39 is 0 Å². The second-order valence-electron chi connectivity index (χ2n) is 5.65. The van der Waals surface area contributed by atoms with E-state index in [-0.39, 0.29) is 4.87 Å². The molecule has 0 spiro atoms. The Balaban J connectivity index is 2.43. The molecule has 0 atom stereocenters. The molecular weight excluding hydrogens is 240 g/mol. The standard InChI is InChI=1S/C17H27Cl/c1-4-5-6-7-8-9-12-15-13-10-11-14-16(15)17(2,3)18/h10-11,13-14H,4-9,12H2,1-3H3. The number of unbranched alkanes of at least 4 members (excludes halogenated alkanes) is 5. The van der Waals surface area contributed by atoms with Crippen molar-refractivity contribution in [2.75, 3.05) is 0 Å². The Morgan fingerprint density at radius 3 is 2.22 bits per heavy atom. The van der Waals surface area contributed by atoms with Crippen LogP contribution in [-0.4, -0.2) is 0 Å². The van der Waals surface area contributed by atoms with Gasteiger partial charge in [-0.15, -0.1) is 11.6 Å². The summed E-state index contributed by atoms with van der Waals surface area (Å²) in [5, 5.41) is 0. The van der Waals surface area contributed by atoms with Crippen molar-refractivity contribution < 1.29 is 0 Å². The zero-order valence-corrected chi connectivity index (χ0v) is 12.9. The highest BCUT2D eigenvalue weighted by atomic mass is 35.5. The lowest BCUT2D eigenvalue weighted by atomic mass is 9.93. The molecule has 1 aromatic rings. The van der Waals surface area contributed by atoms with Gasteiger partial charge in [0.2, 0.25) is 0 Å². The van der Waals surface area contributed by atoms with Crippen LogP contribution >= 0.6 is 11.6 Å². The van der Waals surface area contributed by atoms with E-state index >= 15 is 0 Å². The van der Waals surface area contributed by atoms with Crippen molar-refractivity contribution in [3.8, 4) is 0 Å². The number of alkyl halides is 1. The zero-order valence-electron chi connectivity index (χ0n) is 12.1. The van der Waals surface area contributed by atoms with Crippen LogP contribution in [-0.2, 0) is 11.3 Å². The third kappa shape index (κ3) is 5.44. The van der Waals surface area contributed by atoms with Crippen molar-refractivity contribution in [1.29, 1.82) is 0 Å². The van der Waals surface area contributed by atoms with E-state index in [1.54, 1.807) is 0 Å². The van der Waals surface area contributed by atoms with Gasteiger partial charge in [-0.05, 0) is 37.8 Å². The molecule has 102 valence electrons. The fourth-order valence-corrected chi connectivity index (χ4v) is 2.60. The summed E-state index contributed by atoms with van der Waals surface area (Å²) in [7, 11) is 0. The third-order valence-corrected chi connectivity index (χ3v) is 3.66. The van der Waals surface area contributed by atoms with E-state index in [4.69, 9.17) is 11.6 Å². The zero-order chi connectivity index (χ0) is 13.4. The van der Waals surface area contributed by atoms with E-state index in [1.807, 2.05) is 0 Å². The van der Waals surface area contributed by atoms with Gasteiger partial charge in [-0.1, -0.05) is 63.3 Å². The van der Waals surface area contributed by atoms with Gasteiger partial charge in [-0.2, -0.15) is 0 Å². The molecule has 0 saturated heterocycles. The number of hydrogen-bond acceptors (Lipinski definition) is 0. The van der Waals surface area contributed by atoms with E-state index in [9.17, 15) is 0 Å². The highest BCUT2D eigenvalue weighted by Gasteiger charge is 2.19. The lowest BCUT2D eigenvalue weighted by Gasteiger charge is -2.20. The van der Waals surface area contributed by atoms with Crippen molar-refractivity contribution in [2.24, 2.45) is 0 Å². The van der Waals surface area contributed by atoms with Gasteiger partial charge in [0.1, 0.15) is 0 Å². The van der Waals surface area contributed by atoms with Crippen molar-refractivity contribution in [2.45, 2.75) is 70.6 Å². The lowest BCUT2D eigenvalue weighted by molar-refractivity contribution is 0.604. The first-order chi connectivity index (χ1) is 8.55. The monoisotopic (exact) mass is 266 g/mol. The van der Waals surface area contributed by atoms with Crippen molar-refractivity contribution in [1.82, 2.24) is 0 Å². The van der Waals surface area contributed by atoms with Crippen LogP contribution in [0.3, 0.4) is 0 Å². The molecule has 0 N–H and O–H groups in total. The number of aryl methyl sites for hydroxylation is 1. The summed E-state index contributed by atoms with van der Waals surface area (Å²) < 4.78 is 0. The largest absolute Gasteiger partial charge is 0.115 e. The Kier molecular flexibility index (Phi) is 6.78. The van der Waals surface area contributed by atoms with Crippen molar-refractivity contribution >= 4 is 11.6 Å². The third-order valence-electron chi connectivity index (χ3n) is 3.46. The Morgan fingerprint density at radius 2 is 1.56 bits per heavy atom. The van der Waals surface area contributed by atoms with Crippen LogP contribution in [0.5, 0.6) is 0 Å². The fraction of sp³-hybridized carbons (Fsp3) is 0.647. The summed E-state index contributed by atoms with van der Waals surface area (Å²) in [4.78, 5) is -0.251. The number of rotatable bonds is 8. The molecule has 1 aromatic carbocycles. The molecule has 0 unspecified atom stereocenters. The molecule has 1 rings (SSSR count). The van der Waals surface area contributed by atoms with E-state index in [0.29, 0.717) is 0 Å². The average molecular weight is 267 g/mol. The summed E-state index contributed by atoms with van der Waals surface area (Å²) in [5.74, 6) is 0. The first-order valence-corrected chi connectivity index (χ1v) is 7.70. The van der Waals surface area contributed by atoms with E-state index in [2.05, 4.69) is 45.0 Å².